The highest BCUT2D eigenvalue weighted by atomic mass is 16.4. The molecule has 1 aromatic carbocycles. The van der Waals surface area contributed by atoms with Crippen LogP contribution in [0.25, 0.3) is 0 Å². The lowest BCUT2D eigenvalue weighted by molar-refractivity contribution is -0.305. The summed E-state index contributed by atoms with van der Waals surface area (Å²) in [7, 11) is 0. The van der Waals surface area contributed by atoms with Crippen LogP contribution in [0.1, 0.15) is 18.4 Å². The van der Waals surface area contributed by atoms with E-state index in [2.05, 4.69) is 5.32 Å². The van der Waals surface area contributed by atoms with Gasteiger partial charge in [-0.25, -0.2) is 0 Å². The van der Waals surface area contributed by atoms with Crippen molar-refractivity contribution in [2.45, 2.75) is 19.4 Å². The molecule has 0 saturated heterocycles. The summed E-state index contributed by atoms with van der Waals surface area (Å²) in [4.78, 5) is 21.2. The quantitative estimate of drug-likeness (QED) is 0.705. The Kier molecular flexibility index (Phi) is 4.32. The lowest BCUT2D eigenvalue weighted by atomic mass is 10.2. The molecule has 2 N–H and O–H groups in total. The predicted octanol–water partition coefficient (Wildman–Crippen LogP) is -0.462. The molecule has 5 heteroatoms. The van der Waals surface area contributed by atoms with Gasteiger partial charge in [0.25, 0.3) is 0 Å². The van der Waals surface area contributed by atoms with Crippen molar-refractivity contribution in [2.24, 2.45) is 0 Å². The van der Waals surface area contributed by atoms with Crippen LogP contribution in [0.15, 0.2) is 24.3 Å². The summed E-state index contributed by atoms with van der Waals surface area (Å²) < 4.78 is 0. The van der Waals surface area contributed by atoms with Crippen LogP contribution in [0.5, 0.6) is 5.75 Å². The van der Waals surface area contributed by atoms with Gasteiger partial charge in [-0.3, -0.25) is 4.79 Å². The first-order valence-corrected chi connectivity index (χ1v) is 4.82. The number of amides is 1. The molecule has 1 amide bonds. The third kappa shape index (κ3) is 4.45. The van der Waals surface area contributed by atoms with Crippen LogP contribution in [0.2, 0.25) is 0 Å². The van der Waals surface area contributed by atoms with Gasteiger partial charge >= 0.3 is 0 Å². The normalized spacial score (nSPS) is 9.75. The van der Waals surface area contributed by atoms with E-state index in [1.54, 1.807) is 12.1 Å². The van der Waals surface area contributed by atoms with Crippen LogP contribution in [-0.4, -0.2) is 17.0 Å². The van der Waals surface area contributed by atoms with E-state index in [0.29, 0.717) is 6.54 Å². The molecule has 86 valence electrons. The van der Waals surface area contributed by atoms with Crippen molar-refractivity contribution in [2.75, 3.05) is 0 Å². The Morgan fingerprint density at radius 1 is 1.19 bits per heavy atom. The highest BCUT2D eigenvalue weighted by Gasteiger charge is 2.01. The van der Waals surface area contributed by atoms with E-state index in [9.17, 15) is 14.7 Å². The zero-order valence-electron chi connectivity index (χ0n) is 8.60. The minimum absolute atomic E-state index is 0.0829. The van der Waals surface area contributed by atoms with E-state index in [0.717, 1.165) is 5.56 Å². The molecule has 0 aliphatic heterocycles. The van der Waals surface area contributed by atoms with Crippen LogP contribution >= 0.6 is 0 Å². The van der Waals surface area contributed by atoms with E-state index in [1.807, 2.05) is 0 Å². The van der Waals surface area contributed by atoms with Gasteiger partial charge in [0.15, 0.2) is 0 Å². The van der Waals surface area contributed by atoms with Gasteiger partial charge < -0.3 is 20.3 Å². The van der Waals surface area contributed by atoms with Gasteiger partial charge in [0, 0.05) is 18.9 Å². The molecule has 0 saturated carbocycles. The number of phenolic OH excluding ortho intramolecular Hbond substituents is 1. The molecular weight excluding hydrogens is 210 g/mol. The Hall–Kier alpha value is -2.04. The van der Waals surface area contributed by atoms with Gasteiger partial charge in [0.1, 0.15) is 5.75 Å². The number of carboxylic acid groups (broad SMARTS) is 1. The van der Waals surface area contributed by atoms with E-state index < -0.39 is 5.97 Å². The number of aromatic hydroxyl groups is 1. The molecule has 0 fully saturated rings. The Morgan fingerprint density at radius 2 is 1.81 bits per heavy atom. The van der Waals surface area contributed by atoms with E-state index in [1.165, 1.54) is 12.1 Å². The van der Waals surface area contributed by atoms with Gasteiger partial charge in [-0.05, 0) is 24.1 Å². The largest absolute Gasteiger partial charge is 0.550 e. The number of phenols is 1. The maximum absolute atomic E-state index is 11.1. The van der Waals surface area contributed by atoms with Gasteiger partial charge in [-0.1, -0.05) is 12.1 Å². The molecule has 16 heavy (non-hydrogen) atoms. The van der Waals surface area contributed by atoms with Crippen molar-refractivity contribution in [3.63, 3.8) is 0 Å². The molecule has 0 radical (unpaired) electrons. The van der Waals surface area contributed by atoms with Crippen molar-refractivity contribution >= 4 is 11.9 Å². The Balaban J connectivity index is 2.31. The molecule has 0 atom stereocenters. The number of carbonyl (C=O) groups excluding carboxylic acids is 2. The predicted molar refractivity (Wildman–Crippen MR) is 54.2 cm³/mol. The number of hydrogen-bond donors (Lipinski definition) is 2. The molecule has 1 rings (SSSR count). The number of nitrogens with one attached hydrogen (secondary N) is 1. The average molecular weight is 222 g/mol. The lowest BCUT2D eigenvalue weighted by Gasteiger charge is -2.05. The van der Waals surface area contributed by atoms with Gasteiger partial charge in [0.05, 0.1) is 0 Å². The summed E-state index contributed by atoms with van der Waals surface area (Å²) in [5.74, 6) is -1.41. The lowest BCUT2D eigenvalue weighted by Crippen LogP contribution is -2.27. The van der Waals surface area contributed by atoms with Crippen molar-refractivity contribution in [1.82, 2.24) is 5.32 Å². The molecular formula is C11H12NO4-. The average Bonchev–Trinajstić information content (AvgIpc) is 2.25. The third-order valence-electron chi connectivity index (χ3n) is 1.98. The molecule has 0 spiro atoms. The van der Waals surface area contributed by atoms with Crippen LogP contribution in [0.3, 0.4) is 0 Å². The first-order chi connectivity index (χ1) is 7.58. The van der Waals surface area contributed by atoms with Crippen LogP contribution in [0, 0.1) is 0 Å². The SMILES string of the molecule is O=C([O-])CCC(=O)NCc1ccc(O)cc1. The summed E-state index contributed by atoms with van der Waals surface area (Å²) in [6.45, 7) is 0.312. The number of carbonyl (C=O) groups is 2. The zero-order valence-corrected chi connectivity index (χ0v) is 8.60. The fourth-order valence-electron chi connectivity index (χ4n) is 1.12. The van der Waals surface area contributed by atoms with Crippen LogP contribution in [0.4, 0.5) is 0 Å². The molecule has 0 aliphatic rings. The Morgan fingerprint density at radius 3 is 2.38 bits per heavy atom. The Labute approximate surface area is 92.7 Å². The summed E-state index contributed by atoms with van der Waals surface area (Å²) in [6.07, 6.45) is -0.359. The second kappa shape index (κ2) is 5.75. The molecule has 0 bridgehead atoms. The fraction of sp³-hybridized carbons (Fsp3) is 0.273. The summed E-state index contributed by atoms with van der Waals surface area (Å²) in [5.41, 5.74) is 0.833. The number of hydrogen-bond acceptors (Lipinski definition) is 4. The molecule has 0 aliphatic carbocycles. The topological polar surface area (TPSA) is 89.5 Å². The van der Waals surface area contributed by atoms with Crippen molar-refractivity contribution in [3.05, 3.63) is 29.8 Å². The van der Waals surface area contributed by atoms with Crippen molar-refractivity contribution in [3.8, 4) is 5.75 Å². The second-order valence-corrected chi connectivity index (χ2v) is 3.32. The molecule has 0 aromatic heterocycles. The maximum atomic E-state index is 11.1. The van der Waals surface area contributed by atoms with Crippen molar-refractivity contribution in [1.29, 1.82) is 0 Å². The second-order valence-electron chi connectivity index (χ2n) is 3.32. The summed E-state index contributed by atoms with van der Waals surface area (Å²) in [6, 6.07) is 6.38. The van der Waals surface area contributed by atoms with E-state index in [-0.39, 0.29) is 24.5 Å². The van der Waals surface area contributed by atoms with E-state index in [4.69, 9.17) is 5.11 Å². The number of rotatable bonds is 5. The third-order valence-corrected chi connectivity index (χ3v) is 1.98. The van der Waals surface area contributed by atoms with Gasteiger partial charge in [-0.15, -0.1) is 0 Å². The van der Waals surface area contributed by atoms with Crippen LogP contribution in [-0.2, 0) is 16.1 Å². The molecule has 5 nitrogen and oxygen atoms in total. The Bertz CT molecular complexity index is 372. The van der Waals surface area contributed by atoms with Crippen LogP contribution < -0.4 is 10.4 Å². The number of benzene rings is 1. The standard InChI is InChI=1S/C11H13NO4/c13-9-3-1-8(2-4-9)7-12-10(14)5-6-11(15)16/h1-4,13H,5-7H2,(H,12,14)(H,15,16)/p-1. The fourth-order valence-corrected chi connectivity index (χ4v) is 1.12. The van der Waals surface area contributed by atoms with Crippen molar-refractivity contribution < 1.29 is 19.8 Å². The van der Waals surface area contributed by atoms with E-state index >= 15 is 0 Å². The summed E-state index contributed by atoms with van der Waals surface area (Å²) >= 11 is 0. The smallest absolute Gasteiger partial charge is 0.220 e. The minimum Gasteiger partial charge on any atom is -0.550 e. The first-order valence-electron chi connectivity index (χ1n) is 4.82. The highest BCUT2D eigenvalue weighted by molar-refractivity contribution is 5.79. The zero-order chi connectivity index (χ0) is 12.0. The number of aliphatic carboxylic acids is 1. The summed E-state index contributed by atoms with van der Waals surface area (Å²) in [5, 5.41) is 21.7. The molecule has 1 aromatic rings. The first kappa shape index (κ1) is 12.0. The number of carboxylic acids is 1. The minimum atomic E-state index is -1.24. The monoisotopic (exact) mass is 222 g/mol. The highest BCUT2D eigenvalue weighted by Crippen LogP contribution is 2.09. The van der Waals surface area contributed by atoms with Gasteiger partial charge in [-0.2, -0.15) is 0 Å². The van der Waals surface area contributed by atoms with Gasteiger partial charge in [0.2, 0.25) is 5.91 Å². The molecule has 0 unspecified atom stereocenters. The maximum Gasteiger partial charge on any atom is 0.220 e. The molecule has 0 heterocycles.